The lowest BCUT2D eigenvalue weighted by Crippen LogP contribution is -2.28. The minimum absolute atomic E-state index is 0.0902. The summed E-state index contributed by atoms with van der Waals surface area (Å²) in [6.07, 6.45) is 3.64. The molecular weight excluding hydrogens is 284 g/mol. The van der Waals surface area contributed by atoms with Gasteiger partial charge in [0.1, 0.15) is 0 Å². The fourth-order valence-electron chi connectivity index (χ4n) is 2.10. The largest absolute Gasteiger partial charge is 0.309 e. The van der Waals surface area contributed by atoms with Crippen LogP contribution in [0.1, 0.15) is 36.2 Å². The van der Waals surface area contributed by atoms with E-state index in [0.717, 1.165) is 6.54 Å². The van der Waals surface area contributed by atoms with Crippen molar-refractivity contribution < 1.29 is 0 Å². The molecule has 0 radical (unpaired) electrons. The van der Waals surface area contributed by atoms with Gasteiger partial charge in [0.05, 0.1) is 15.8 Å². The maximum Gasteiger partial charge on any atom is 0.0704 e. The molecular formula is C12H15BrN2S. The molecule has 2 rings (SSSR count). The lowest BCUT2D eigenvalue weighted by atomic mass is 9.94. The molecule has 2 unspecified atom stereocenters. The van der Waals surface area contributed by atoms with Crippen molar-refractivity contribution in [2.24, 2.45) is 5.92 Å². The van der Waals surface area contributed by atoms with Gasteiger partial charge in [-0.2, -0.15) is 5.26 Å². The first-order valence-corrected chi connectivity index (χ1v) is 7.22. The minimum Gasteiger partial charge on any atom is -0.309 e. The Hall–Kier alpha value is -0.370. The zero-order chi connectivity index (χ0) is 11.5. The first kappa shape index (κ1) is 12.1. The van der Waals surface area contributed by atoms with Crippen LogP contribution >= 0.6 is 27.3 Å². The molecule has 1 aliphatic rings. The maximum atomic E-state index is 8.77. The predicted octanol–water partition coefficient (Wildman–Crippen LogP) is 3.64. The summed E-state index contributed by atoms with van der Waals surface area (Å²) in [5, 5.41) is 12.3. The Morgan fingerprint density at radius 1 is 1.75 bits per heavy atom. The second-order valence-corrected chi connectivity index (χ2v) is 6.83. The van der Waals surface area contributed by atoms with E-state index >= 15 is 0 Å². The van der Waals surface area contributed by atoms with E-state index in [-0.39, 0.29) is 5.92 Å². The second kappa shape index (κ2) is 5.31. The molecule has 0 amide bonds. The summed E-state index contributed by atoms with van der Waals surface area (Å²) in [4.78, 5) is 1.50. The van der Waals surface area contributed by atoms with Crippen molar-refractivity contribution in [3.63, 3.8) is 0 Å². The van der Waals surface area contributed by atoms with Crippen LogP contribution in [0.15, 0.2) is 9.85 Å². The van der Waals surface area contributed by atoms with E-state index < -0.39 is 0 Å². The van der Waals surface area contributed by atoms with Crippen molar-refractivity contribution in [2.75, 3.05) is 6.54 Å². The summed E-state index contributed by atoms with van der Waals surface area (Å²) in [5.74, 6) is 0.0902. The topological polar surface area (TPSA) is 35.8 Å². The number of nitriles is 1. The Balaban J connectivity index is 2.04. The summed E-state index contributed by atoms with van der Waals surface area (Å²) >= 11 is 5.40. The average molecular weight is 299 g/mol. The van der Waals surface area contributed by atoms with Crippen LogP contribution in [0.5, 0.6) is 0 Å². The van der Waals surface area contributed by atoms with Crippen LogP contribution in [0.25, 0.3) is 0 Å². The quantitative estimate of drug-likeness (QED) is 0.925. The zero-order valence-electron chi connectivity index (χ0n) is 9.29. The highest BCUT2D eigenvalue weighted by molar-refractivity contribution is 9.11. The summed E-state index contributed by atoms with van der Waals surface area (Å²) < 4.78 is 1.22. The number of aryl methyl sites for hydroxylation is 1. The lowest BCUT2D eigenvalue weighted by molar-refractivity contribution is 0.445. The van der Waals surface area contributed by atoms with E-state index in [0.29, 0.717) is 6.04 Å². The van der Waals surface area contributed by atoms with Crippen LogP contribution in [0.2, 0.25) is 0 Å². The number of fused-ring (bicyclic) bond motifs is 1. The standard InChI is InChI=1S/C12H15BrN2S/c1-8(6-14)7-15-10-3-2-4-11-9(10)5-12(13)16-11/h5,8,10,15H,2-4,7H2,1H3. The third-order valence-corrected chi connectivity index (χ3v) is 4.69. The number of halogens is 1. The molecule has 16 heavy (non-hydrogen) atoms. The number of thiophene rings is 1. The first-order valence-electron chi connectivity index (χ1n) is 5.62. The fraction of sp³-hybridized carbons (Fsp3) is 0.583. The van der Waals surface area contributed by atoms with Gasteiger partial charge in [-0.05, 0) is 53.7 Å². The third-order valence-electron chi connectivity index (χ3n) is 2.97. The highest BCUT2D eigenvalue weighted by atomic mass is 79.9. The van der Waals surface area contributed by atoms with Crippen molar-refractivity contribution in [3.05, 3.63) is 20.3 Å². The van der Waals surface area contributed by atoms with E-state index in [1.165, 1.54) is 33.5 Å². The molecule has 0 aliphatic heterocycles. The van der Waals surface area contributed by atoms with Crippen molar-refractivity contribution in [1.82, 2.24) is 5.32 Å². The Kier molecular flexibility index (Phi) is 4.01. The van der Waals surface area contributed by atoms with Gasteiger partial charge in [0.2, 0.25) is 0 Å². The number of nitrogens with zero attached hydrogens (tertiary/aromatic N) is 1. The molecule has 1 heterocycles. The molecule has 86 valence electrons. The van der Waals surface area contributed by atoms with Crippen molar-refractivity contribution >= 4 is 27.3 Å². The van der Waals surface area contributed by atoms with Crippen molar-refractivity contribution in [1.29, 1.82) is 5.26 Å². The molecule has 0 saturated heterocycles. The Morgan fingerprint density at radius 2 is 2.56 bits per heavy atom. The summed E-state index contributed by atoms with van der Waals surface area (Å²) in [5.41, 5.74) is 1.44. The zero-order valence-corrected chi connectivity index (χ0v) is 11.7. The molecule has 1 aliphatic carbocycles. The molecule has 2 atom stereocenters. The fourth-order valence-corrected chi connectivity index (χ4v) is 3.92. The van der Waals surface area contributed by atoms with Crippen LogP contribution in [0.4, 0.5) is 0 Å². The smallest absolute Gasteiger partial charge is 0.0704 e. The van der Waals surface area contributed by atoms with Gasteiger partial charge in [-0.15, -0.1) is 11.3 Å². The van der Waals surface area contributed by atoms with Gasteiger partial charge >= 0.3 is 0 Å². The normalized spacial score (nSPS) is 21.2. The molecule has 0 spiro atoms. The molecule has 1 aromatic heterocycles. The maximum absolute atomic E-state index is 8.77. The van der Waals surface area contributed by atoms with Gasteiger partial charge in [0.25, 0.3) is 0 Å². The first-order chi connectivity index (χ1) is 7.70. The average Bonchev–Trinajstić information content (AvgIpc) is 2.66. The number of rotatable bonds is 3. The van der Waals surface area contributed by atoms with Gasteiger partial charge in [-0.25, -0.2) is 0 Å². The van der Waals surface area contributed by atoms with Crippen LogP contribution in [-0.4, -0.2) is 6.54 Å². The van der Waals surface area contributed by atoms with Crippen LogP contribution in [0.3, 0.4) is 0 Å². The van der Waals surface area contributed by atoms with Crippen LogP contribution in [0, 0.1) is 17.2 Å². The second-order valence-electron chi connectivity index (χ2n) is 4.31. The van der Waals surface area contributed by atoms with Gasteiger partial charge in [-0.1, -0.05) is 0 Å². The number of hydrogen-bond acceptors (Lipinski definition) is 3. The Bertz CT molecular complexity index is 408. The molecule has 0 saturated carbocycles. The van der Waals surface area contributed by atoms with Crippen molar-refractivity contribution in [2.45, 2.75) is 32.2 Å². The summed E-state index contributed by atoms with van der Waals surface area (Å²) in [7, 11) is 0. The highest BCUT2D eigenvalue weighted by Crippen LogP contribution is 2.37. The van der Waals surface area contributed by atoms with E-state index in [2.05, 4.69) is 33.4 Å². The van der Waals surface area contributed by atoms with Gasteiger partial charge in [-0.3, -0.25) is 0 Å². The minimum atomic E-state index is 0.0902. The molecule has 4 heteroatoms. The Labute approximate surface area is 109 Å². The van der Waals surface area contributed by atoms with Gasteiger partial charge in [0, 0.05) is 17.5 Å². The molecule has 2 nitrogen and oxygen atoms in total. The van der Waals surface area contributed by atoms with E-state index in [1.54, 1.807) is 0 Å². The van der Waals surface area contributed by atoms with E-state index in [4.69, 9.17) is 5.26 Å². The molecule has 0 fully saturated rings. The molecule has 1 N–H and O–H groups in total. The highest BCUT2D eigenvalue weighted by Gasteiger charge is 2.22. The Morgan fingerprint density at radius 3 is 3.31 bits per heavy atom. The van der Waals surface area contributed by atoms with Gasteiger partial charge < -0.3 is 5.32 Å². The van der Waals surface area contributed by atoms with Gasteiger partial charge in [0.15, 0.2) is 0 Å². The number of hydrogen-bond donors (Lipinski definition) is 1. The van der Waals surface area contributed by atoms with E-state index in [1.807, 2.05) is 18.3 Å². The van der Waals surface area contributed by atoms with Crippen LogP contribution < -0.4 is 5.32 Å². The predicted molar refractivity (Wildman–Crippen MR) is 70.5 cm³/mol. The molecule has 0 aromatic carbocycles. The molecule has 1 aromatic rings. The van der Waals surface area contributed by atoms with Crippen LogP contribution in [-0.2, 0) is 6.42 Å². The lowest BCUT2D eigenvalue weighted by Gasteiger charge is -2.24. The summed E-state index contributed by atoms with van der Waals surface area (Å²) in [6, 6.07) is 4.94. The van der Waals surface area contributed by atoms with E-state index in [9.17, 15) is 0 Å². The number of nitrogens with one attached hydrogen (secondary N) is 1. The molecule has 0 bridgehead atoms. The van der Waals surface area contributed by atoms with Crippen molar-refractivity contribution in [3.8, 4) is 6.07 Å². The summed E-state index contributed by atoms with van der Waals surface area (Å²) in [6.45, 7) is 2.74. The monoisotopic (exact) mass is 298 g/mol. The SMILES string of the molecule is CC(C#N)CNC1CCCc2sc(Br)cc21. The third kappa shape index (κ3) is 2.65.